The predicted octanol–water partition coefficient (Wildman–Crippen LogP) is 2.77. The van der Waals surface area contributed by atoms with E-state index in [1.807, 2.05) is 25.1 Å². The van der Waals surface area contributed by atoms with Gasteiger partial charge in [0.05, 0.1) is 4.47 Å². The third-order valence-electron chi connectivity index (χ3n) is 2.47. The number of anilines is 1. The summed E-state index contributed by atoms with van der Waals surface area (Å²) < 4.78 is 11.6. The zero-order chi connectivity index (χ0) is 14.5. The zero-order valence-electron chi connectivity index (χ0n) is 11.2. The Morgan fingerprint density at radius 1 is 1.30 bits per heavy atom. The standard InChI is InChI=1S/C13H15BrN4O2/c1-8-3-4-10(9(14)5-8)20-13-6-11(18-15)16-12(17-13)7-19-2/h3-6H,7,15H2,1-2H3,(H,16,17,18). The number of nitrogen functional groups attached to an aromatic ring is 1. The third-order valence-corrected chi connectivity index (χ3v) is 3.09. The van der Waals surface area contributed by atoms with E-state index in [4.69, 9.17) is 15.3 Å². The number of nitrogens with two attached hydrogens (primary N) is 1. The predicted molar refractivity (Wildman–Crippen MR) is 79.5 cm³/mol. The maximum absolute atomic E-state index is 5.74. The van der Waals surface area contributed by atoms with E-state index in [0.717, 1.165) is 10.0 Å². The molecule has 7 heteroatoms. The highest BCUT2D eigenvalue weighted by molar-refractivity contribution is 9.10. The first-order chi connectivity index (χ1) is 9.62. The van der Waals surface area contributed by atoms with Crippen LogP contribution in [0.1, 0.15) is 11.4 Å². The summed E-state index contributed by atoms with van der Waals surface area (Å²) in [5.41, 5.74) is 3.61. The monoisotopic (exact) mass is 338 g/mol. The molecule has 0 radical (unpaired) electrons. The van der Waals surface area contributed by atoms with Gasteiger partial charge in [-0.3, -0.25) is 0 Å². The van der Waals surface area contributed by atoms with Crippen molar-refractivity contribution in [1.82, 2.24) is 9.97 Å². The van der Waals surface area contributed by atoms with Crippen LogP contribution in [0, 0.1) is 6.92 Å². The number of aromatic nitrogens is 2. The highest BCUT2D eigenvalue weighted by Gasteiger charge is 2.08. The Bertz CT molecular complexity index is 607. The van der Waals surface area contributed by atoms with E-state index < -0.39 is 0 Å². The Labute approximate surface area is 125 Å². The fraction of sp³-hybridized carbons (Fsp3) is 0.231. The molecule has 1 aromatic heterocycles. The molecule has 0 spiro atoms. The number of hydrazine groups is 1. The fourth-order valence-electron chi connectivity index (χ4n) is 1.59. The van der Waals surface area contributed by atoms with Crippen LogP contribution in [-0.2, 0) is 11.3 Å². The summed E-state index contributed by atoms with van der Waals surface area (Å²) in [6.45, 7) is 2.29. The van der Waals surface area contributed by atoms with Crippen LogP contribution in [0.4, 0.5) is 5.82 Å². The Morgan fingerprint density at radius 2 is 2.10 bits per heavy atom. The molecule has 0 bridgehead atoms. The molecule has 0 aliphatic carbocycles. The first-order valence-electron chi connectivity index (χ1n) is 5.90. The molecular formula is C13H15BrN4O2. The smallest absolute Gasteiger partial charge is 0.224 e. The molecule has 1 heterocycles. The highest BCUT2D eigenvalue weighted by atomic mass is 79.9. The van der Waals surface area contributed by atoms with Crippen LogP contribution in [0.3, 0.4) is 0 Å². The molecule has 3 N–H and O–H groups in total. The summed E-state index contributed by atoms with van der Waals surface area (Å²) in [6, 6.07) is 7.41. The lowest BCUT2D eigenvalue weighted by molar-refractivity contribution is 0.177. The Hall–Kier alpha value is -1.70. The Kier molecular flexibility index (Phi) is 4.89. The molecule has 2 rings (SSSR count). The van der Waals surface area contributed by atoms with Crippen LogP contribution in [0.15, 0.2) is 28.7 Å². The van der Waals surface area contributed by atoms with Crippen LogP contribution in [0.25, 0.3) is 0 Å². The van der Waals surface area contributed by atoms with Gasteiger partial charge in [-0.05, 0) is 40.5 Å². The van der Waals surface area contributed by atoms with E-state index >= 15 is 0 Å². The number of ether oxygens (including phenoxy) is 2. The summed E-state index contributed by atoms with van der Waals surface area (Å²) in [4.78, 5) is 8.41. The van der Waals surface area contributed by atoms with Crippen LogP contribution in [0.2, 0.25) is 0 Å². The second-order valence-electron chi connectivity index (χ2n) is 4.12. The van der Waals surface area contributed by atoms with Gasteiger partial charge in [0.2, 0.25) is 5.88 Å². The molecule has 0 fully saturated rings. The third kappa shape index (κ3) is 3.66. The lowest BCUT2D eigenvalue weighted by Gasteiger charge is -2.10. The number of rotatable bonds is 5. The summed E-state index contributed by atoms with van der Waals surface area (Å²) in [5, 5.41) is 0. The van der Waals surface area contributed by atoms with Gasteiger partial charge in [0.15, 0.2) is 5.82 Å². The quantitative estimate of drug-likeness (QED) is 0.644. The van der Waals surface area contributed by atoms with E-state index in [1.54, 1.807) is 13.2 Å². The number of hydrogen-bond acceptors (Lipinski definition) is 6. The van der Waals surface area contributed by atoms with Gasteiger partial charge in [-0.15, -0.1) is 0 Å². The maximum atomic E-state index is 5.74. The average molecular weight is 339 g/mol. The molecule has 0 saturated carbocycles. The summed E-state index contributed by atoms with van der Waals surface area (Å²) in [7, 11) is 1.57. The topological polar surface area (TPSA) is 82.3 Å². The molecule has 0 aliphatic heterocycles. The van der Waals surface area contributed by atoms with Crippen LogP contribution < -0.4 is 16.0 Å². The molecule has 6 nitrogen and oxygen atoms in total. The van der Waals surface area contributed by atoms with Crippen molar-refractivity contribution in [2.45, 2.75) is 13.5 Å². The number of halogens is 1. The van der Waals surface area contributed by atoms with Crippen molar-refractivity contribution >= 4 is 21.7 Å². The van der Waals surface area contributed by atoms with Crippen LogP contribution in [-0.4, -0.2) is 17.1 Å². The zero-order valence-corrected chi connectivity index (χ0v) is 12.8. The van der Waals surface area contributed by atoms with Gasteiger partial charge < -0.3 is 14.9 Å². The number of nitrogens with one attached hydrogen (secondary N) is 1. The van der Waals surface area contributed by atoms with Crippen LogP contribution >= 0.6 is 15.9 Å². The molecule has 0 unspecified atom stereocenters. The number of methoxy groups -OCH3 is 1. The van der Waals surface area contributed by atoms with Crippen molar-refractivity contribution in [2.75, 3.05) is 12.5 Å². The first kappa shape index (κ1) is 14.7. The number of hydrogen-bond donors (Lipinski definition) is 2. The molecule has 0 atom stereocenters. The van der Waals surface area contributed by atoms with E-state index in [9.17, 15) is 0 Å². The van der Waals surface area contributed by atoms with Gasteiger partial charge >= 0.3 is 0 Å². The van der Waals surface area contributed by atoms with Gasteiger partial charge in [-0.1, -0.05) is 6.07 Å². The van der Waals surface area contributed by atoms with E-state index in [1.165, 1.54) is 0 Å². The molecule has 0 aliphatic rings. The summed E-state index contributed by atoms with van der Waals surface area (Å²) in [6.07, 6.45) is 0. The van der Waals surface area contributed by atoms with Crippen LogP contribution in [0.5, 0.6) is 11.6 Å². The molecule has 20 heavy (non-hydrogen) atoms. The molecule has 1 aromatic carbocycles. The number of aryl methyl sites for hydroxylation is 1. The molecule has 0 amide bonds. The largest absolute Gasteiger partial charge is 0.438 e. The van der Waals surface area contributed by atoms with Gasteiger partial charge in [0, 0.05) is 13.2 Å². The van der Waals surface area contributed by atoms with Gasteiger partial charge in [0.1, 0.15) is 18.2 Å². The lowest BCUT2D eigenvalue weighted by atomic mass is 10.2. The summed E-state index contributed by atoms with van der Waals surface area (Å²) >= 11 is 3.46. The fourth-order valence-corrected chi connectivity index (χ4v) is 2.17. The van der Waals surface area contributed by atoms with Crippen molar-refractivity contribution < 1.29 is 9.47 Å². The minimum Gasteiger partial charge on any atom is -0.438 e. The molecular weight excluding hydrogens is 324 g/mol. The van der Waals surface area contributed by atoms with Crippen molar-refractivity contribution in [2.24, 2.45) is 5.84 Å². The van der Waals surface area contributed by atoms with E-state index in [-0.39, 0.29) is 6.61 Å². The number of benzene rings is 1. The molecule has 2 aromatic rings. The number of nitrogens with zero attached hydrogens (tertiary/aromatic N) is 2. The van der Waals surface area contributed by atoms with Crippen molar-refractivity contribution in [3.8, 4) is 11.6 Å². The van der Waals surface area contributed by atoms with Crippen molar-refractivity contribution in [1.29, 1.82) is 0 Å². The van der Waals surface area contributed by atoms with Gasteiger partial charge in [0.25, 0.3) is 0 Å². The second kappa shape index (κ2) is 6.65. The van der Waals surface area contributed by atoms with E-state index in [0.29, 0.717) is 23.3 Å². The normalized spacial score (nSPS) is 10.4. The van der Waals surface area contributed by atoms with Gasteiger partial charge in [-0.25, -0.2) is 10.8 Å². The summed E-state index contributed by atoms with van der Waals surface area (Å²) in [5.74, 6) is 7.39. The lowest BCUT2D eigenvalue weighted by Crippen LogP contribution is -2.11. The van der Waals surface area contributed by atoms with Gasteiger partial charge in [-0.2, -0.15) is 4.98 Å². The minimum absolute atomic E-state index is 0.279. The van der Waals surface area contributed by atoms with Crippen molar-refractivity contribution in [3.05, 3.63) is 40.1 Å². The first-order valence-corrected chi connectivity index (χ1v) is 6.69. The Morgan fingerprint density at radius 3 is 2.75 bits per heavy atom. The Balaban J connectivity index is 2.29. The van der Waals surface area contributed by atoms with E-state index in [2.05, 4.69) is 31.3 Å². The average Bonchev–Trinajstić information content (AvgIpc) is 2.42. The SMILES string of the molecule is COCc1nc(NN)cc(Oc2ccc(C)cc2Br)n1. The van der Waals surface area contributed by atoms with Crippen molar-refractivity contribution in [3.63, 3.8) is 0 Å². The maximum Gasteiger partial charge on any atom is 0.224 e. The second-order valence-corrected chi connectivity index (χ2v) is 4.98. The molecule has 0 saturated heterocycles. The highest BCUT2D eigenvalue weighted by Crippen LogP contribution is 2.30. The molecule has 106 valence electrons. The minimum atomic E-state index is 0.279.